The fraction of sp³-hybridized carbons (Fsp3) is 0.167. The molecule has 21 heavy (non-hydrogen) atoms. The minimum atomic E-state index is 0.807. The lowest BCUT2D eigenvalue weighted by molar-refractivity contribution is 0.702. The van der Waals surface area contributed by atoms with E-state index in [1.165, 1.54) is 16.7 Å². The van der Waals surface area contributed by atoms with Crippen LogP contribution in [0.5, 0.6) is 0 Å². The van der Waals surface area contributed by atoms with E-state index in [-0.39, 0.29) is 0 Å². The third-order valence-corrected chi connectivity index (χ3v) is 3.68. The molecule has 0 spiro atoms. The Balaban J connectivity index is 1.76. The summed E-state index contributed by atoms with van der Waals surface area (Å²) in [4.78, 5) is 4.29. The van der Waals surface area contributed by atoms with Crippen molar-refractivity contribution in [3.63, 3.8) is 0 Å². The fourth-order valence-corrected chi connectivity index (χ4v) is 2.40. The highest BCUT2D eigenvalue weighted by atomic mass is 15.0. The Bertz CT molecular complexity index is 709. The van der Waals surface area contributed by atoms with Gasteiger partial charge in [-0.3, -0.25) is 0 Å². The molecular formula is C18H19N3. The molecule has 0 aliphatic carbocycles. The number of imidazole rings is 1. The topological polar surface area (TPSA) is 43.8 Å². The standard InChI is InChI=1S/C18H19N3/c1-14-2-6-16(7-3-14)18-12-20-13-21(18)11-10-15-4-8-17(19)9-5-15/h2-9,12-13H,10-11,19H2,1H3. The number of nitrogens with zero attached hydrogens (tertiary/aromatic N) is 2. The molecule has 106 valence electrons. The molecule has 0 aliphatic heterocycles. The van der Waals surface area contributed by atoms with Crippen LogP contribution < -0.4 is 5.73 Å². The normalized spacial score (nSPS) is 10.7. The summed E-state index contributed by atoms with van der Waals surface area (Å²) < 4.78 is 2.20. The zero-order valence-electron chi connectivity index (χ0n) is 12.2. The van der Waals surface area contributed by atoms with Crippen molar-refractivity contribution in [2.24, 2.45) is 0 Å². The van der Waals surface area contributed by atoms with Crippen molar-refractivity contribution in [2.75, 3.05) is 5.73 Å². The number of hydrogen-bond donors (Lipinski definition) is 1. The molecular weight excluding hydrogens is 258 g/mol. The van der Waals surface area contributed by atoms with Crippen LogP contribution >= 0.6 is 0 Å². The largest absolute Gasteiger partial charge is 0.399 e. The summed E-state index contributed by atoms with van der Waals surface area (Å²) in [6.45, 7) is 3.01. The smallest absolute Gasteiger partial charge is 0.0951 e. The second-order valence-electron chi connectivity index (χ2n) is 5.33. The van der Waals surface area contributed by atoms with Crippen LogP contribution in [0.1, 0.15) is 11.1 Å². The third kappa shape index (κ3) is 3.14. The Morgan fingerprint density at radius 1 is 1.00 bits per heavy atom. The Morgan fingerprint density at radius 2 is 1.71 bits per heavy atom. The molecule has 3 heteroatoms. The van der Waals surface area contributed by atoms with Gasteiger partial charge in [0.1, 0.15) is 0 Å². The van der Waals surface area contributed by atoms with E-state index in [2.05, 4.69) is 52.9 Å². The van der Waals surface area contributed by atoms with Gasteiger partial charge in [0.05, 0.1) is 18.2 Å². The molecule has 3 rings (SSSR count). The van der Waals surface area contributed by atoms with Gasteiger partial charge in [0.25, 0.3) is 0 Å². The first-order valence-corrected chi connectivity index (χ1v) is 7.14. The summed E-state index contributed by atoms with van der Waals surface area (Å²) in [6.07, 6.45) is 4.79. The van der Waals surface area contributed by atoms with Crippen LogP contribution in [0, 0.1) is 6.92 Å². The van der Waals surface area contributed by atoms with E-state index >= 15 is 0 Å². The molecule has 2 aromatic carbocycles. The first-order valence-electron chi connectivity index (χ1n) is 7.14. The third-order valence-electron chi connectivity index (χ3n) is 3.68. The number of anilines is 1. The fourth-order valence-electron chi connectivity index (χ4n) is 2.40. The van der Waals surface area contributed by atoms with Crippen LogP contribution in [0.4, 0.5) is 5.69 Å². The number of hydrogen-bond acceptors (Lipinski definition) is 2. The van der Waals surface area contributed by atoms with Gasteiger partial charge in [0, 0.05) is 12.2 Å². The van der Waals surface area contributed by atoms with Gasteiger partial charge >= 0.3 is 0 Å². The number of nitrogen functional groups attached to an aromatic ring is 1. The summed E-state index contributed by atoms with van der Waals surface area (Å²) in [7, 11) is 0. The van der Waals surface area contributed by atoms with Crippen molar-refractivity contribution in [2.45, 2.75) is 19.9 Å². The Kier molecular flexibility index (Phi) is 3.73. The van der Waals surface area contributed by atoms with Crippen molar-refractivity contribution in [1.29, 1.82) is 0 Å². The van der Waals surface area contributed by atoms with E-state index in [1.54, 1.807) is 0 Å². The molecule has 0 amide bonds. The van der Waals surface area contributed by atoms with Crippen LogP contribution in [0.2, 0.25) is 0 Å². The van der Waals surface area contributed by atoms with Crippen LogP contribution in [0.3, 0.4) is 0 Å². The highest BCUT2D eigenvalue weighted by Crippen LogP contribution is 2.20. The summed E-state index contributed by atoms with van der Waals surface area (Å²) in [5, 5.41) is 0. The highest BCUT2D eigenvalue weighted by molar-refractivity contribution is 5.59. The van der Waals surface area contributed by atoms with Gasteiger partial charge in [-0.2, -0.15) is 0 Å². The second kappa shape index (κ2) is 5.83. The van der Waals surface area contributed by atoms with Gasteiger partial charge in [0.2, 0.25) is 0 Å². The molecule has 0 radical (unpaired) electrons. The van der Waals surface area contributed by atoms with Crippen LogP contribution in [0.25, 0.3) is 11.3 Å². The number of nitrogens with two attached hydrogens (primary N) is 1. The van der Waals surface area contributed by atoms with E-state index in [1.807, 2.05) is 24.7 Å². The maximum atomic E-state index is 5.71. The molecule has 2 N–H and O–H groups in total. The second-order valence-corrected chi connectivity index (χ2v) is 5.33. The van der Waals surface area contributed by atoms with Crippen molar-refractivity contribution in [3.05, 3.63) is 72.2 Å². The molecule has 0 unspecified atom stereocenters. The van der Waals surface area contributed by atoms with E-state index in [0.717, 1.165) is 24.3 Å². The zero-order valence-corrected chi connectivity index (χ0v) is 12.2. The van der Waals surface area contributed by atoms with Crippen LogP contribution in [0.15, 0.2) is 61.1 Å². The molecule has 1 heterocycles. The Hall–Kier alpha value is -2.55. The Labute approximate surface area is 125 Å². The Morgan fingerprint density at radius 3 is 2.43 bits per heavy atom. The molecule has 0 atom stereocenters. The number of benzene rings is 2. The lowest BCUT2D eigenvalue weighted by Gasteiger charge is -2.09. The van der Waals surface area contributed by atoms with E-state index in [9.17, 15) is 0 Å². The molecule has 0 saturated carbocycles. The highest BCUT2D eigenvalue weighted by Gasteiger charge is 2.05. The van der Waals surface area contributed by atoms with Crippen molar-refractivity contribution in [3.8, 4) is 11.3 Å². The lowest BCUT2D eigenvalue weighted by atomic mass is 10.1. The maximum Gasteiger partial charge on any atom is 0.0951 e. The summed E-state index contributed by atoms with van der Waals surface area (Å²) in [5.41, 5.74) is 11.4. The van der Waals surface area contributed by atoms with Gasteiger partial charge in [-0.15, -0.1) is 0 Å². The van der Waals surface area contributed by atoms with E-state index < -0.39 is 0 Å². The number of rotatable bonds is 4. The predicted molar refractivity (Wildman–Crippen MR) is 87.0 cm³/mol. The van der Waals surface area contributed by atoms with Crippen molar-refractivity contribution in [1.82, 2.24) is 9.55 Å². The van der Waals surface area contributed by atoms with Crippen molar-refractivity contribution >= 4 is 5.69 Å². The molecule has 3 aromatic rings. The van der Waals surface area contributed by atoms with Crippen molar-refractivity contribution < 1.29 is 0 Å². The number of aromatic nitrogens is 2. The summed E-state index contributed by atoms with van der Waals surface area (Å²) >= 11 is 0. The molecule has 3 nitrogen and oxygen atoms in total. The molecule has 1 aromatic heterocycles. The molecule has 0 aliphatic rings. The first kappa shape index (κ1) is 13.4. The van der Waals surface area contributed by atoms with Crippen LogP contribution in [-0.4, -0.2) is 9.55 Å². The lowest BCUT2D eigenvalue weighted by Crippen LogP contribution is -2.02. The van der Waals surface area contributed by atoms with Gasteiger partial charge in [-0.05, 0) is 36.6 Å². The zero-order chi connectivity index (χ0) is 14.7. The number of aryl methyl sites for hydroxylation is 3. The molecule has 0 bridgehead atoms. The van der Waals surface area contributed by atoms with Crippen LogP contribution in [-0.2, 0) is 13.0 Å². The van der Waals surface area contributed by atoms with E-state index in [0.29, 0.717) is 0 Å². The quantitative estimate of drug-likeness (QED) is 0.739. The van der Waals surface area contributed by atoms with Gasteiger partial charge < -0.3 is 10.3 Å². The monoisotopic (exact) mass is 277 g/mol. The average Bonchev–Trinajstić information content (AvgIpc) is 2.96. The predicted octanol–water partition coefficient (Wildman–Crippen LogP) is 3.68. The summed E-state index contributed by atoms with van der Waals surface area (Å²) in [5.74, 6) is 0. The molecule has 0 saturated heterocycles. The summed E-state index contributed by atoms with van der Waals surface area (Å²) in [6, 6.07) is 16.6. The first-order chi connectivity index (χ1) is 10.2. The minimum absolute atomic E-state index is 0.807. The van der Waals surface area contributed by atoms with Gasteiger partial charge in [-0.25, -0.2) is 4.98 Å². The van der Waals surface area contributed by atoms with Gasteiger partial charge in [-0.1, -0.05) is 42.0 Å². The molecule has 0 fully saturated rings. The minimum Gasteiger partial charge on any atom is -0.399 e. The van der Waals surface area contributed by atoms with Gasteiger partial charge in [0.15, 0.2) is 0 Å². The van der Waals surface area contributed by atoms with E-state index in [4.69, 9.17) is 5.73 Å². The average molecular weight is 277 g/mol. The maximum absolute atomic E-state index is 5.71. The SMILES string of the molecule is Cc1ccc(-c2cncn2CCc2ccc(N)cc2)cc1.